The molecule has 5 rings (SSSR count). The molecule has 43 heavy (non-hydrogen) atoms. The second-order valence-corrected chi connectivity index (χ2v) is 10.7. The SMILES string of the molecule is COC(=O)c1ccc2c(C(=Nc3ccc(C(=O)N(C)OCCN4CCN(C)CC4)c(C)c3)c3ccccc3)c(O)[nH]c2c1. The van der Waals surface area contributed by atoms with Crippen molar-refractivity contribution in [1.82, 2.24) is 19.8 Å². The Bertz CT molecular complexity index is 1640. The highest BCUT2D eigenvalue weighted by Crippen LogP contribution is 2.32. The zero-order chi connectivity index (χ0) is 30.5. The monoisotopic (exact) mass is 583 g/mol. The first-order valence-electron chi connectivity index (χ1n) is 14.2. The van der Waals surface area contributed by atoms with Crippen molar-refractivity contribution in [3.05, 3.63) is 94.5 Å². The standard InChI is InChI=1S/C33H37N5O5/c1-22-20-25(11-13-26(22)32(40)37(3)43-19-18-38-16-14-36(2)15-17-38)34-30(23-8-6-5-7-9-23)29-27-12-10-24(33(41)42-4)21-28(27)35-31(29)39/h5-13,20-21,35,39H,14-19H2,1-4H3. The molecule has 1 amide bonds. The predicted molar refractivity (Wildman–Crippen MR) is 166 cm³/mol. The number of methoxy groups -OCH3 is 1. The molecule has 224 valence electrons. The first-order chi connectivity index (χ1) is 20.7. The number of ether oxygens (including phenoxy) is 1. The fourth-order valence-corrected chi connectivity index (χ4v) is 5.22. The lowest BCUT2D eigenvalue weighted by Crippen LogP contribution is -2.46. The van der Waals surface area contributed by atoms with Crippen molar-refractivity contribution >= 4 is 34.2 Å². The van der Waals surface area contributed by atoms with Crippen molar-refractivity contribution in [2.75, 3.05) is 60.5 Å². The van der Waals surface area contributed by atoms with Gasteiger partial charge in [-0.05, 0) is 49.9 Å². The molecule has 0 atom stereocenters. The molecule has 10 heteroatoms. The Morgan fingerprint density at radius 2 is 1.74 bits per heavy atom. The van der Waals surface area contributed by atoms with Gasteiger partial charge in [0.1, 0.15) is 0 Å². The fourth-order valence-electron chi connectivity index (χ4n) is 5.22. The van der Waals surface area contributed by atoms with Gasteiger partial charge in [0.05, 0.1) is 36.2 Å². The molecular formula is C33H37N5O5. The van der Waals surface area contributed by atoms with Gasteiger partial charge >= 0.3 is 5.97 Å². The second-order valence-electron chi connectivity index (χ2n) is 10.7. The van der Waals surface area contributed by atoms with E-state index in [4.69, 9.17) is 14.6 Å². The summed E-state index contributed by atoms with van der Waals surface area (Å²) in [5.41, 5.74) is 4.67. The largest absolute Gasteiger partial charge is 0.494 e. The Morgan fingerprint density at radius 3 is 2.44 bits per heavy atom. The van der Waals surface area contributed by atoms with Crippen LogP contribution in [0.5, 0.6) is 5.88 Å². The van der Waals surface area contributed by atoms with Crippen molar-refractivity contribution in [1.29, 1.82) is 0 Å². The summed E-state index contributed by atoms with van der Waals surface area (Å²) in [5, 5.41) is 13.0. The number of benzene rings is 3. The smallest absolute Gasteiger partial charge is 0.337 e. The Kier molecular flexibility index (Phi) is 9.20. The summed E-state index contributed by atoms with van der Waals surface area (Å²) in [4.78, 5) is 43.6. The van der Waals surface area contributed by atoms with Crippen LogP contribution >= 0.6 is 0 Å². The average molecular weight is 584 g/mol. The third-order valence-corrected chi connectivity index (χ3v) is 7.74. The Balaban J connectivity index is 1.39. The lowest BCUT2D eigenvalue weighted by molar-refractivity contribution is -0.111. The minimum Gasteiger partial charge on any atom is -0.494 e. The van der Waals surface area contributed by atoms with Gasteiger partial charge in [0.2, 0.25) is 0 Å². The molecule has 3 aromatic carbocycles. The number of H-pyrrole nitrogens is 1. The number of aliphatic imine (C=N–C) groups is 1. The van der Waals surface area contributed by atoms with Crippen LogP contribution in [0.25, 0.3) is 10.9 Å². The second kappa shape index (κ2) is 13.2. The van der Waals surface area contributed by atoms with Crippen LogP contribution in [0.4, 0.5) is 5.69 Å². The van der Waals surface area contributed by atoms with Crippen molar-refractivity contribution in [2.24, 2.45) is 4.99 Å². The fraction of sp³-hybridized carbons (Fsp3) is 0.303. The van der Waals surface area contributed by atoms with E-state index in [0.29, 0.717) is 45.6 Å². The molecule has 0 spiro atoms. The highest BCUT2D eigenvalue weighted by atomic mass is 16.7. The summed E-state index contributed by atoms with van der Waals surface area (Å²) in [6.45, 7) is 7.12. The van der Waals surface area contributed by atoms with Crippen molar-refractivity contribution in [3.8, 4) is 5.88 Å². The minimum absolute atomic E-state index is 0.0708. The number of hydrogen-bond acceptors (Lipinski definition) is 8. The molecule has 1 aliphatic rings. The predicted octanol–water partition coefficient (Wildman–Crippen LogP) is 4.39. The first kappa shape index (κ1) is 30.0. The third kappa shape index (κ3) is 6.77. The number of hydrogen-bond donors (Lipinski definition) is 2. The Hall–Kier alpha value is -4.51. The Labute approximate surface area is 251 Å². The number of piperazine rings is 1. The van der Waals surface area contributed by atoms with E-state index >= 15 is 0 Å². The van der Waals surface area contributed by atoms with Crippen LogP contribution in [0.2, 0.25) is 0 Å². The van der Waals surface area contributed by atoms with E-state index in [1.807, 2.05) is 43.3 Å². The summed E-state index contributed by atoms with van der Waals surface area (Å²) in [6, 6.07) is 20.0. The van der Waals surface area contributed by atoms with Crippen LogP contribution in [0.1, 0.15) is 37.4 Å². The van der Waals surface area contributed by atoms with Gasteiger partial charge in [0.25, 0.3) is 5.91 Å². The number of esters is 1. The molecule has 1 aromatic heterocycles. The number of aryl methyl sites for hydroxylation is 1. The average Bonchev–Trinajstić information content (AvgIpc) is 3.35. The number of aromatic amines is 1. The van der Waals surface area contributed by atoms with Crippen LogP contribution in [0.3, 0.4) is 0 Å². The van der Waals surface area contributed by atoms with Gasteiger partial charge in [-0.1, -0.05) is 36.4 Å². The summed E-state index contributed by atoms with van der Waals surface area (Å²) in [7, 11) is 5.08. The summed E-state index contributed by atoms with van der Waals surface area (Å²) in [5.74, 6) is -0.769. The van der Waals surface area contributed by atoms with Crippen molar-refractivity contribution < 1.29 is 24.3 Å². The highest BCUT2D eigenvalue weighted by Gasteiger charge is 2.21. The molecule has 2 N–H and O–H groups in total. The van der Waals surface area contributed by atoms with E-state index in [1.165, 1.54) is 12.2 Å². The maximum Gasteiger partial charge on any atom is 0.337 e. The van der Waals surface area contributed by atoms with Crippen LogP contribution < -0.4 is 0 Å². The molecule has 1 fully saturated rings. The van der Waals surface area contributed by atoms with Gasteiger partial charge in [0, 0.05) is 61.8 Å². The minimum atomic E-state index is -0.467. The molecule has 2 heterocycles. The molecule has 0 bridgehead atoms. The molecule has 0 unspecified atom stereocenters. The van der Waals surface area contributed by atoms with Gasteiger partial charge < -0.3 is 19.7 Å². The summed E-state index contributed by atoms with van der Waals surface area (Å²) < 4.78 is 4.84. The first-order valence-corrected chi connectivity index (χ1v) is 14.2. The van der Waals surface area contributed by atoms with Crippen molar-refractivity contribution in [2.45, 2.75) is 6.92 Å². The zero-order valence-corrected chi connectivity index (χ0v) is 25.0. The topological polar surface area (TPSA) is 111 Å². The van der Waals surface area contributed by atoms with Crippen LogP contribution in [0, 0.1) is 6.92 Å². The summed E-state index contributed by atoms with van der Waals surface area (Å²) >= 11 is 0. The number of likely N-dealkylation sites (N-methyl/N-ethyl adjacent to an activating group) is 1. The zero-order valence-electron chi connectivity index (χ0n) is 25.0. The number of aromatic hydroxyl groups is 1. The number of carbonyl (C=O) groups is 2. The molecule has 4 aromatic rings. The highest BCUT2D eigenvalue weighted by molar-refractivity contribution is 6.22. The van der Waals surface area contributed by atoms with E-state index in [0.717, 1.165) is 43.9 Å². The number of carbonyl (C=O) groups excluding carboxylic acids is 2. The molecule has 10 nitrogen and oxygen atoms in total. The number of rotatable bonds is 9. The van der Waals surface area contributed by atoms with Gasteiger partial charge in [-0.25, -0.2) is 14.9 Å². The van der Waals surface area contributed by atoms with E-state index < -0.39 is 5.97 Å². The third-order valence-electron chi connectivity index (χ3n) is 7.74. The van der Waals surface area contributed by atoms with E-state index in [9.17, 15) is 14.7 Å². The number of amides is 1. The van der Waals surface area contributed by atoms with E-state index in [1.54, 1.807) is 37.4 Å². The van der Waals surface area contributed by atoms with Crippen molar-refractivity contribution in [3.63, 3.8) is 0 Å². The van der Waals surface area contributed by atoms with E-state index in [-0.39, 0.29) is 11.8 Å². The number of hydroxylamine groups is 2. The van der Waals surface area contributed by atoms with Gasteiger partial charge in [-0.15, -0.1) is 0 Å². The Morgan fingerprint density at radius 1 is 1.00 bits per heavy atom. The molecule has 1 aliphatic heterocycles. The van der Waals surface area contributed by atoms with Gasteiger partial charge in [0.15, 0.2) is 5.88 Å². The van der Waals surface area contributed by atoms with Crippen LogP contribution in [-0.4, -0.2) is 103 Å². The number of aromatic nitrogens is 1. The normalized spacial score (nSPS) is 14.7. The number of nitrogens with zero attached hydrogens (tertiary/aromatic N) is 4. The quantitative estimate of drug-likeness (QED) is 0.171. The molecular weight excluding hydrogens is 546 g/mol. The van der Waals surface area contributed by atoms with Gasteiger partial charge in [-0.2, -0.15) is 0 Å². The molecule has 0 saturated carbocycles. The lowest BCUT2D eigenvalue weighted by Gasteiger charge is -2.32. The summed E-state index contributed by atoms with van der Waals surface area (Å²) in [6.07, 6.45) is 0. The van der Waals surface area contributed by atoms with Crippen LogP contribution in [-0.2, 0) is 9.57 Å². The van der Waals surface area contributed by atoms with E-state index in [2.05, 4.69) is 21.8 Å². The van der Waals surface area contributed by atoms with Crippen LogP contribution in [0.15, 0.2) is 71.7 Å². The molecule has 1 saturated heterocycles. The maximum absolute atomic E-state index is 13.2. The number of nitrogens with one attached hydrogen (secondary N) is 1. The van der Waals surface area contributed by atoms with Gasteiger partial charge in [-0.3, -0.25) is 14.5 Å². The maximum atomic E-state index is 13.2. The molecule has 0 aliphatic carbocycles. The molecule has 0 radical (unpaired) electrons. The number of fused-ring (bicyclic) bond motifs is 1. The lowest BCUT2D eigenvalue weighted by atomic mass is 10.00.